The average molecular weight is 303 g/mol. The maximum atomic E-state index is 10.8. The van der Waals surface area contributed by atoms with Crippen molar-refractivity contribution in [2.75, 3.05) is 13.2 Å². The number of carboxylic acid groups (broad SMARTS) is 1. The van der Waals surface area contributed by atoms with Crippen LogP contribution in [0.3, 0.4) is 0 Å². The summed E-state index contributed by atoms with van der Waals surface area (Å²) in [5.74, 6) is -0.406. The molecule has 0 aromatic heterocycles. The maximum absolute atomic E-state index is 10.8. The van der Waals surface area contributed by atoms with Crippen LogP contribution in [0.4, 0.5) is 0 Å². The number of aliphatic carboxylic acids is 1. The van der Waals surface area contributed by atoms with Crippen LogP contribution in [0.1, 0.15) is 12.5 Å². The molecule has 94 valence electrons. The van der Waals surface area contributed by atoms with E-state index < -0.39 is 12.1 Å². The lowest BCUT2D eigenvalue weighted by Gasteiger charge is -2.14. The van der Waals surface area contributed by atoms with E-state index in [0.717, 1.165) is 10.0 Å². The molecular formula is C12H15BrO4. The van der Waals surface area contributed by atoms with E-state index in [9.17, 15) is 4.79 Å². The minimum Gasteiger partial charge on any atom is -0.489 e. The van der Waals surface area contributed by atoms with Gasteiger partial charge in [-0.2, -0.15) is 0 Å². The van der Waals surface area contributed by atoms with Gasteiger partial charge in [0.2, 0.25) is 0 Å². The molecule has 0 saturated carbocycles. The lowest BCUT2D eigenvalue weighted by Crippen LogP contribution is -2.30. The molecule has 1 aromatic rings. The molecule has 1 rings (SSSR count). The van der Waals surface area contributed by atoms with Crippen LogP contribution >= 0.6 is 15.9 Å². The van der Waals surface area contributed by atoms with Crippen LogP contribution in [0.15, 0.2) is 22.7 Å². The first-order valence-electron chi connectivity index (χ1n) is 5.28. The monoisotopic (exact) mass is 302 g/mol. The molecule has 0 aliphatic heterocycles. The van der Waals surface area contributed by atoms with Crippen molar-refractivity contribution in [3.63, 3.8) is 0 Å². The van der Waals surface area contributed by atoms with Gasteiger partial charge >= 0.3 is 5.97 Å². The van der Waals surface area contributed by atoms with Crippen molar-refractivity contribution < 1.29 is 19.4 Å². The molecule has 1 aromatic carbocycles. The van der Waals surface area contributed by atoms with Crippen molar-refractivity contribution in [1.29, 1.82) is 0 Å². The van der Waals surface area contributed by atoms with Crippen molar-refractivity contribution >= 4 is 21.9 Å². The highest BCUT2D eigenvalue weighted by Crippen LogP contribution is 2.25. The molecule has 0 saturated heterocycles. The van der Waals surface area contributed by atoms with Crippen molar-refractivity contribution in [3.05, 3.63) is 28.2 Å². The smallest absolute Gasteiger partial charge is 0.336 e. The van der Waals surface area contributed by atoms with E-state index in [4.69, 9.17) is 14.6 Å². The Kier molecular flexibility index (Phi) is 5.44. The number of aryl methyl sites for hydroxylation is 1. The van der Waals surface area contributed by atoms with Crippen molar-refractivity contribution in [1.82, 2.24) is 0 Å². The zero-order chi connectivity index (χ0) is 12.8. The molecule has 0 aliphatic rings. The number of hydrogen-bond acceptors (Lipinski definition) is 3. The van der Waals surface area contributed by atoms with Crippen molar-refractivity contribution in [3.8, 4) is 5.75 Å². The lowest BCUT2D eigenvalue weighted by molar-refractivity contribution is -0.152. The van der Waals surface area contributed by atoms with Crippen LogP contribution in [0, 0.1) is 6.92 Å². The molecule has 17 heavy (non-hydrogen) atoms. The van der Waals surface area contributed by atoms with Crippen molar-refractivity contribution in [2.45, 2.75) is 20.0 Å². The molecule has 4 nitrogen and oxygen atoms in total. The average Bonchev–Trinajstić information content (AvgIpc) is 2.25. The summed E-state index contributed by atoms with van der Waals surface area (Å²) in [5, 5.41) is 8.88. The molecule has 0 amide bonds. The van der Waals surface area contributed by atoms with Gasteiger partial charge in [-0.1, -0.05) is 6.07 Å². The second-order valence-electron chi connectivity index (χ2n) is 3.53. The molecule has 0 spiro atoms. The van der Waals surface area contributed by atoms with E-state index in [1.165, 1.54) is 0 Å². The van der Waals surface area contributed by atoms with Crippen LogP contribution in [-0.2, 0) is 9.53 Å². The van der Waals surface area contributed by atoms with E-state index in [-0.39, 0.29) is 6.61 Å². The summed E-state index contributed by atoms with van der Waals surface area (Å²) in [4.78, 5) is 10.8. The van der Waals surface area contributed by atoms with Gasteiger partial charge in [-0.05, 0) is 47.5 Å². The van der Waals surface area contributed by atoms with Gasteiger partial charge in [0, 0.05) is 6.61 Å². The van der Waals surface area contributed by atoms with E-state index in [0.29, 0.717) is 12.4 Å². The third-order valence-corrected chi connectivity index (χ3v) is 2.74. The summed E-state index contributed by atoms with van der Waals surface area (Å²) in [6.45, 7) is 4.05. The van der Waals surface area contributed by atoms with Crippen LogP contribution < -0.4 is 4.74 Å². The predicted molar refractivity (Wildman–Crippen MR) is 67.4 cm³/mol. The molecule has 0 heterocycles. The fraction of sp³-hybridized carbons (Fsp3) is 0.417. The topological polar surface area (TPSA) is 55.8 Å². The number of ether oxygens (including phenoxy) is 2. The highest BCUT2D eigenvalue weighted by atomic mass is 79.9. The number of hydrogen-bond donors (Lipinski definition) is 1. The Morgan fingerprint density at radius 2 is 2.24 bits per heavy atom. The molecule has 1 atom stereocenters. The SMILES string of the molecule is CCOC(COc1ccc(C)cc1Br)C(=O)O. The van der Waals surface area contributed by atoms with E-state index in [1.807, 2.05) is 19.1 Å². The second kappa shape index (κ2) is 6.61. The largest absolute Gasteiger partial charge is 0.489 e. The van der Waals surface area contributed by atoms with Gasteiger partial charge in [0.1, 0.15) is 12.4 Å². The maximum Gasteiger partial charge on any atom is 0.336 e. The number of carboxylic acids is 1. The first-order chi connectivity index (χ1) is 8.04. The van der Waals surface area contributed by atoms with Gasteiger partial charge in [-0.15, -0.1) is 0 Å². The Labute approximate surface area is 109 Å². The number of halogens is 1. The molecular weight excluding hydrogens is 288 g/mol. The molecule has 0 fully saturated rings. The zero-order valence-electron chi connectivity index (χ0n) is 9.77. The zero-order valence-corrected chi connectivity index (χ0v) is 11.4. The van der Waals surface area contributed by atoms with Crippen LogP contribution in [0.25, 0.3) is 0 Å². The molecule has 1 unspecified atom stereocenters. The Balaban J connectivity index is 2.62. The lowest BCUT2D eigenvalue weighted by atomic mass is 10.2. The van der Waals surface area contributed by atoms with Gasteiger partial charge in [0.15, 0.2) is 6.10 Å². The Hall–Kier alpha value is -1.07. The standard InChI is InChI=1S/C12H15BrO4/c1-3-16-11(12(14)15)7-17-10-5-4-8(2)6-9(10)13/h4-6,11H,3,7H2,1-2H3,(H,14,15). The summed E-state index contributed by atoms with van der Waals surface area (Å²) in [5.41, 5.74) is 1.10. The second-order valence-corrected chi connectivity index (χ2v) is 4.38. The van der Waals surface area contributed by atoms with Crippen LogP contribution in [-0.4, -0.2) is 30.4 Å². The first-order valence-corrected chi connectivity index (χ1v) is 6.07. The summed E-state index contributed by atoms with van der Waals surface area (Å²) in [7, 11) is 0. The number of rotatable bonds is 6. The van der Waals surface area contributed by atoms with Gasteiger partial charge in [-0.25, -0.2) is 4.79 Å². The molecule has 0 radical (unpaired) electrons. The summed E-state index contributed by atoms with van der Waals surface area (Å²) in [6, 6.07) is 5.60. The number of benzene rings is 1. The summed E-state index contributed by atoms with van der Waals surface area (Å²) < 4.78 is 11.3. The van der Waals surface area contributed by atoms with E-state index in [2.05, 4.69) is 15.9 Å². The summed E-state index contributed by atoms with van der Waals surface area (Å²) in [6.07, 6.45) is -0.937. The predicted octanol–water partition coefficient (Wildman–Crippen LogP) is 2.63. The Morgan fingerprint density at radius 1 is 1.53 bits per heavy atom. The fourth-order valence-corrected chi connectivity index (χ4v) is 1.89. The van der Waals surface area contributed by atoms with E-state index in [1.54, 1.807) is 13.0 Å². The minimum atomic E-state index is -1.02. The minimum absolute atomic E-state index is 0.00909. The first kappa shape index (κ1) is 14.0. The van der Waals surface area contributed by atoms with Gasteiger partial charge in [0.25, 0.3) is 0 Å². The molecule has 5 heteroatoms. The number of carbonyl (C=O) groups is 1. The third-order valence-electron chi connectivity index (χ3n) is 2.12. The van der Waals surface area contributed by atoms with Gasteiger partial charge in [0.05, 0.1) is 4.47 Å². The van der Waals surface area contributed by atoms with Crippen LogP contribution in [0.2, 0.25) is 0 Å². The molecule has 0 aliphatic carbocycles. The highest BCUT2D eigenvalue weighted by Gasteiger charge is 2.18. The molecule has 0 bridgehead atoms. The van der Waals surface area contributed by atoms with E-state index >= 15 is 0 Å². The van der Waals surface area contributed by atoms with Crippen LogP contribution in [0.5, 0.6) is 5.75 Å². The third kappa shape index (κ3) is 4.36. The Bertz CT molecular complexity index is 392. The highest BCUT2D eigenvalue weighted by molar-refractivity contribution is 9.10. The quantitative estimate of drug-likeness (QED) is 0.877. The molecule has 1 N–H and O–H groups in total. The van der Waals surface area contributed by atoms with Crippen molar-refractivity contribution in [2.24, 2.45) is 0 Å². The van der Waals surface area contributed by atoms with Gasteiger partial charge in [-0.3, -0.25) is 0 Å². The normalized spacial score (nSPS) is 12.2. The van der Waals surface area contributed by atoms with Gasteiger partial charge < -0.3 is 14.6 Å². The summed E-state index contributed by atoms with van der Waals surface area (Å²) >= 11 is 3.36. The Morgan fingerprint density at radius 3 is 2.76 bits per heavy atom. The fourth-order valence-electron chi connectivity index (χ4n) is 1.28.